The van der Waals surface area contributed by atoms with E-state index in [0.717, 1.165) is 25.3 Å². The molecule has 0 bridgehead atoms. The van der Waals surface area contributed by atoms with Gasteiger partial charge in [0.25, 0.3) is 0 Å². The maximum Gasteiger partial charge on any atom is 0.0726 e. The molecule has 0 fully saturated rings. The zero-order valence-electron chi connectivity index (χ0n) is 10.6. The van der Waals surface area contributed by atoms with Crippen LogP contribution in [0, 0.1) is 0 Å². The molecule has 0 aliphatic carbocycles. The van der Waals surface area contributed by atoms with Crippen molar-refractivity contribution in [2.24, 2.45) is 7.05 Å². The third-order valence-electron chi connectivity index (χ3n) is 3.46. The van der Waals surface area contributed by atoms with Crippen molar-refractivity contribution in [3.8, 4) is 0 Å². The van der Waals surface area contributed by atoms with Crippen LogP contribution < -0.4 is 10.6 Å². The van der Waals surface area contributed by atoms with E-state index in [1.54, 1.807) is 0 Å². The lowest BCUT2D eigenvalue weighted by atomic mass is 9.91. The summed E-state index contributed by atoms with van der Waals surface area (Å²) in [7, 11) is 1.93. The highest BCUT2D eigenvalue weighted by molar-refractivity contribution is 5.40. The largest absolute Gasteiger partial charge is 0.382 e. The average molecular weight is 242 g/mol. The number of aromatic nitrogens is 2. The van der Waals surface area contributed by atoms with Gasteiger partial charge < -0.3 is 10.6 Å². The summed E-state index contributed by atoms with van der Waals surface area (Å²) in [6, 6.07) is 8.68. The van der Waals surface area contributed by atoms with E-state index < -0.39 is 0 Å². The maximum absolute atomic E-state index is 4.16. The Balaban J connectivity index is 1.71. The lowest BCUT2D eigenvalue weighted by molar-refractivity contribution is 0.556. The van der Waals surface area contributed by atoms with Gasteiger partial charge in [0.05, 0.1) is 11.9 Å². The summed E-state index contributed by atoms with van der Waals surface area (Å²) in [5.41, 5.74) is 3.97. The van der Waals surface area contributed by atoms with Crippen molar-refractivity contribution in [1.82, 2.24) is 15.1 Å². The van der Waals surface area contributed by atoms with Crippen LogP contribution in [0.5, 0.6) is 0 Å². The van der Waals surface area contributed by atoms with Crippen molar-refractivity contribution in [1.29, 1.82) is 0 Å². The number of rotatable bonds is 3. The number of fused-ring (bicyclic) bond motifs is 1. The summed E-state index contributed by atoms with van der Waals surface area (Å²) in [6.07, 6.45) is 3.87. The first kappa shape index (κ1) is 11.3. The van der Waals surface area contributed by atoms with E-state index in [4.69, 9.17) is 0 Å². The first-order chi connectivity index (χ1) is 8.83. The summed E-state index contributed by atoms with van der Waals surface area (Å²) in [4.78, 5) is 0. The second-order valence-corrected chi connectivity index (χ2v) is 4.81. The molecule has 0 amide bonds. The van der Waals surface area contributed by atoms with Gasteiger partial charge in [-0.05, 0) is 11.1 Å². The van der Waals surface area contributed by atoms with E-state index in [1.807, 2.05) is 24.1 Å². The summed E-state index contributed by atoms with van der Waals surface area (Å²) in [6.45, 7) is 2.96. The predicted octanol–water partition coefficient (Wildman–Crippen LogP) is 1.72. The van der Waals surface area contributed by atoms with Gasteiger partial charge in [-0.2, -0.15) is 5.10 Å². The fourth-order valence-corrected chi connectivity index (χ4v) is 2.52. The predicted molar refractivity (Wildman–Crippen MR) is 72.6 cm³/mol. The van der Waals surface area contributed by atoms with E-state index in [-0.39, 0.29) is 0 Å². The Hall–Kier alpha value is -1.81. The Labute approximate surface area is 107 Å². The Morgan fingerprint density at radius 3 is 3.17 bits per heavy atom. The molecule has 4 nitrogen and oxygen atoms in total. The van der Waals surface area contributed by atoms with Crippen LogP contribution in [0.4, 0.5) is 5.69 Å². The van der Waals surface area contributed by atoms with E-state index in [0.29, 0.717) is 5.92 Å². The van der Waals surface area contributed by atoms with Crippen LogP contribution in [0.1, 0.15) is 17.0 Å². The monoisotopic (exact) mass is 242 g/mol. The molecule has 2 heterocycles. The molecular formula is C14H18N4. The number of hydrogen-bond acceptors (Lipinski definition) is 3. The van der Waals surface area contributed by atoms with E-state index in [2.05, 4.69) is 40.0 Å². The van der Waals surface area contributed by atoms with Crippen LogP contribution in [0.25, 0.3) is 0 Å². The van der Waals surface area contributed by atoms with Crippen molar-refractivity contribution in [2.45, 2.75) is 12.5 Å². The second kappa shape index (κ2) is 4.82. The lowest BCUT2D eigenvalue weighted by Gasteiger charge is -2.26. The minimum Gasteiger partial charge on any atom is -0.382 e. The standard InChI is InChI=1S/C14H18N4/c1-18-10-13(9-17-18)16-8-12-7-15-6-11-4-2-3-5-14(11)12/h2-5,9-10,12,15-16H,6-8H2,1H3. The minimum atomic E-state index is 0.523. The first-order valence-corrected chi connectivity index (χ1v) is 6.34. The van der Waals surface area contributed by atoms with Crippen molar-refractivity contribution in [3.05, 3.63) is 47.8 Å². The van der Waals surface area contributed by atoms with Crippen LogP contribution in [-0.2, 0) is 13.6 Å². The summed E-state index contributed by atoms with van der Waals surface area (Å²) >= 11 is 0. The van der Waals surface area contributed by atoms with Gasteiger partial charge >= 0.3 is 0 Å². The third kappa shape index (κ3) is 2.24. The van der Waals surface area contributed by atoms with Crippen molar-refractivity contribution < 1.29 is 0 Å². The number of anilines is 1. The summed E-state index contributed by atoms with van der Waals surface area (Å²) in [5.74, 6) is 0.523. The molecule has 1 aromatic heterocycles. The molecule has 0 saturated carbocycles. The molecule has 4 heteroatoms. The molecule has 0 saturated heterocycles. The maximum atomic E-state index is 4.16. The molecule has 94 valence electrons. The highest BCUT2D eigenvalue weighted by Gasteiger charge is 2.18. The van der Waals surface area contributed by atoms with Gasteiger partial charge in [-0.3, -0.25) is 4.68 Å². The van der Waals surface area contributed by atoms with Gasteiger partial charge in [-0.1, -0.05) is 24.3 Å². The van der Waals surface area contributed by atoms with E-state index in [1.165, 1.54) is 11.1 Å². The van der Waals surface area contributed by atoms with Gasteiger partial charge in [-0.25, -0.2) is 0 Å². The molecule has 2 N–H and O–H groups in total. The molecule has 18 heavy (non-hydrogen) atoms. The molecule has 0 radical (unpaired) electrons. The van der Waals surface area contributed by atoms with Gasteiger partial charge in [-0.15, -0.1) is 0 Å². The normalized spacial score (nSPS) is 18.4. The number of nitrogens with one attached hydrogen (secondary N) is 2. The molecule has 1 aliphatic rings. The molecule has 1 aromatic carbocycles. The van der Waals surface area contributed by atoms with Crippen LogP contribution in [0.15, 0.2) is 36.7 Å². The molecule has 1 aliphatic heterocycles. The fraction of sp³-hybridized carbons (Fsp3) is 0.357. The number of aryl methyl sites for hydroxylation is 1. The number of nitrogens with zero attached hydrogens (tertiary/aromatic N) is 2. The highest BCUT2D eigenvalue weighted by atomic mass is 15.3. The van der Waals surface area contributed by atoms with Gasteiger partial charge in [0.1, 0.15) is 0 Å². The van der Waals surface area contributed by atoms with Crippen LogP contribution >= 0.6 is 0 Å². The zero-order valence-corrected chi connectivity index (χ0v) is 10.6. The van der Waals surface area contributed by atoms with Crippen molar-refractivity contribution >= 4 is 5.69 Å². The topological polar surface area (TPSA) is 41.9 Å². The quantitative estimate of drug-likeness (QED) is 0.861. The number of hydrogen-bond donors (Lipinski definition) is 2. The SMILES string of the molecule is Cn1cc(NCC2CNCc3ccccc32)cn1. The van der Waals surface area contributed by atoms with E-state index in [9.17, 15) is 0 Å². The van der Waals surface area contributed by atoms with Crippen LogP contribution in [-0.4, -0.2) is 22.9 Å². The highest BCUT2D eigenvalue weighted by Crippen LogP contribution is 2.24. The lowest BCUT2D eigenvalue weighted by Crippen LogP contribution is -2.31. The van der Waals surface area contributed by atoms with Crippen molar-refractivity contribution in [2.75, 3.05) is 18.4 Å². The molecule has 0 spiro atoms. The average Bonchev–Trinajstić information content (AvgIpc) is 2.82. The Kier molecular flexibility index (Phi) is 3.02. The molecular weight excluding hydrogens is 224 g/mol. The smallest absolute Gasteiger partial charge is 0.0726 e. The van der Waals surface area contributed by atoms with Gasteiger partial charge in [0, 0.05) is 38.8 Å². The summed E-state index contributed by atoms with van der Waals surface area (Å²) < 4.78 is 1.81. The van der Waals surface area contributed by atoms with Crippen LogP contribution in [0.3, 0.4) is 0 Å². The Morgan fingerprint density at radius 2 is 2.33 bits per heavy atom. The number of benzene rings is 1. The van der Waals surface area contributed by atoms with Crippen LogP contribution in [0.2, 0.25) is 0 Å². The molecule has 1 unspecified atom stereocenters. The van der Waals surface area contributed by atoms with E-state index >= 15 is 0 Å². The van der Waals surface area contributed by atoms with Gasteiger partial charge in [0.2, 0.25) is 0 Å². The Morgan fingerprint density at radius 1 is 1.44 bits per heavy atom. The Bertz CT molecular complexity index is 532. The molecule has 2 aromatic rings. The van der Waals surface area contributed by atoms with Crippen molar-refractivity contribution in [3.63, 3.8) is 0 Å². The van der Waals surface area contributed by atoms with Gasteiger partial charge in [0.15, 0.2) is 0 Å². The third-order valence-corrected chi connectivity index (χ3v) is 3.46. The summed E-state index contributed by atoms with van der Waals surface area (Å²) in [5, 5.41) is 11.1. The minimum absolute atomic E-state index is 0.523. The molecule has 3 rings (SSSR count). The zero-order chi connectivity index (χ0) is 12.4. The first-order valence-electron chi connectivity index (χ1n) is 6.34. The second-order valence-electron chi connectivity index (χ2n) is 4.81. The molecule has 1 atom stereocenters. The fourth-order valence-electron chi connectivity index (χ4n) is 2.52.